The van der Waals surface area contributed by atoms with Crippen molar-refractivity contribution in [3.63, 3.8) is 0 Å². The number of hydrogen-bond acceptors (Lipinski definition) is 7. The fourth-order valence-electron chi connectivity index (χ4n) is 3.73. The smallest absolute Gasteiger partial charge is 0.262 e. The fourth-order valence-corrected chi connectivity index (χ4v) is 3.73. The van der Waals surface area contributed by atoms with Gasteiger partial charge in [0.1, 0.15) is 11.3 Å². The summed E-state index contributed by atoms with van der Waals surface area (Å²) in [6, 6.07) is 16.6. The number of nitrogens with one attached hydrogen (secondary N) is 1. The van der Waals surface area contributed by atoms with Crippen LogP contribution >= 0.6 is 0 Å². The van der Waals surface area contributed by atoms with E-state index < -0.39 is 0 Å². The van der Waals surface area contributed by atoms with Gasteiger partial charge in [-0.05, 0) is 53.4 Å². The molecule has 8 nitrogen and oxygen atoms in total. The molecule has 8 heteroatoms. The highest BCUT2D eigenvalue weighted by molar-refractivity contribution is 5.94. The SMILES string of the molecule is COc1cc(-c2nc3cc(NC(=O)COc4ccc(C(C)(C)C)cc4)ccc3o2)cc(OC)c1OC. The van der Waals surface area contributed by atoms with Crippen molar-refractivity contribution in [3.8, 4) is 34.5 Å². The monoisotopic (exact) mass is 490 g/mol. The number of methoxy groups -OCH3 is 3. The molecular weight excluding hydrogens is 460 g/mol. The van der Waals surface area contributed by atoms with Crippen LogP contribution in [0.1, 0.15) is 26.3 Å². The lowest BCUT2D eigenvalue weighted by atomic mass is 9.87. The quantitative estimate of drug-likeness (QED) is 0.332. The standard InChI is InChI=1S/C28H30N2O6/c1-28(2,3)18-7-10-20(11-8-18)35-16-25(31)29-19-9-12-22-21(15-19)30-27(36-22)17-13-23(32-4)26(34-6)24(14-17)33-5/h7-15H,16H2,1-6H3,(H,29,31). The molecule has 0 unspecified atom stereocenters. The van der Waals surface area contributed by atoms with E-state index in [9.17, 15) is 4.79 Å². The van der Waals surface area contributed by atoms with Crippen LogP contribution in [0.3, 0.4) is 0 Å². The average Bonchev–Trinajstić information content (AvgIpc) is 3.29. The van der Waals surface area contributed by atoms with Crippen LogP contribution in [0, 0.1) is 0 Å². The average molecular weight is 491 g/mol. The van der Waals surface area contributed by atoms with Crippen LogP contribution in [0.4, 0.5) is 5.69 Å². The molecule has 0 spiro atoms. The molecule has 36 heavy (non-hydrogen) atoms. The van der Waals surface area contributed by atoms with Crippen LogP contribution < -0.4 is 24.3 Å². The highest BCUT2D eigenvalue weighted by Gasteiger charge is 2.18. The third-order valence-corrected chi connectivity index (χ3v) is 5.67. The second kappa shape index (κ2) is 10.2. The number of fused-ring (bicyclic) bond motifs is 1. The zero-order valence-electron chi connectivity index (χ0n) is 21.3. The molecule has 0 radical (unpaired) electrons. The van der Waals surface area contributed by atoms with Crippen LogP contribution in [0.15, 0.2) is 59.0 Å². The number of nitrogens with zero attached hydrogens (tertiary/aromatic N) is 1. The van der Waals surface area contributed by atoms with Gasteiger partial charge in [0.15, 0.2) is 23.7 Å². The molecule has 1 heterocycles. The Kier molecular flexibility index (Phi) is 7.05. The number of carbonyl (C=O) groups is 1. The van der Waals surface area contributed by atoms with E-state index in [1.54, 1.807) is 51.7 Å². The second-order valence-electron chi connectivity index (χ2n) is 9.23. The predicted molar refractivity (Wildman–Crippen MR) is 138 cm³/mol. The fraction of sp³-hybridized carbons (Fsp3) is 0.286. The van der Waals surface area contributed by atoms with Crippen molar-refractivity contribution in [2.24, 2.45) is 0 Å². The van der Waals surface area contributed by atoms with Crippen molar-refractivity contribution in [2.45, 2.75) is 26.2 Å². The number of hydrogen-bond donors (Lipinski definition) is 1. The van der Waals surface area contributed by atoms with Gasteiger partial charge in [-0.3, -0.25) is 4.79 Å². The van der Waals surface area contributed by atoms with E-state index in [1.165, 1.54) is 5.56 Å². The predicted octanol–water partition coefficient (Wildman–Crippen LogP) is 5.84. The van der Waals surface area contributed by atoms with Gasteiger partial charge in [0.05, 0.1) is 21.3 Å². The molecule has 0 aliphatic rings. The van der Waals surface area contributed by atoms with E-state index in [-0.39, 0.29) is 17.9 Å². The number of oxazole rings is 1. The Morgan fingerprint density at radius 3 is 2.17 bits per heavy atom. The molecule has 4 aromatic rings. The maximum atomic E-state index is 12.5. The molecule has 0 aliphatic heterocycles. The van der Waals surface area contributed by atoms with E-state index >= 15 is 0 Å². The van der Waals surface area contributed by atoms with Crippen LogP contribution in [-0.2, 0) is 10.2 Å². The molecule has 3 aromatic carbocycles. The van der Waals surface area contributed by atoms with Gasteiger partial charge in [-0.25, -0.2) is 4.98 Å². The lowest BCUT2D eigenvalue weighted by Gasteiger charge is -2.19. The Bertz CT molecular complexity index is 1340. The summed E-state index contributed by atoms with van der Waals surface area (Å²) >= 11 is 0. The van der Waals surface area contributed by atoms with E-state index in [0.29, 0.717) is 51.2 Å². The van der Waals surface area contributed by atoms with Crippen molar-refractivity contribution < 1.29 is 28.2 Å². The molecule has 0 atom stereocenters. The second-order valence-corrected chi connectivity index (χ2v) is 9.23. The number of aromatic nitrogens is 1. The highest BCUT2D eigenvalue weighted by atomic mass is 16.5. The molecule has 0 fully saturated rings. The minimum Gasteiger partial charge on any atom is -0.493 e. The minimum atomic E-state index is -0.275. The molecule has 1 amide bonds. The van der Waals surface area contributed by atoms with Crippen molar-refractivity contribution >= 4 is 22.7 Å². The Balaban J connectivity index is 1.46. The topological polar surface area (TPSA) is 92.1 Å². The highest BCUT2D eigenvalue weighted by Crippen LogP contribution is 2.41. The Hall–Kier alpha value is -4.20. The minimum absolute atomic E-state index is 0.0566. The van der Waals surface area contributed by atoms with Gasteiger partial charge in [-0.15, -0.1) is 0 Å². The summed E-state index contributed by atoms with van der Waals surface area (Å²) in [4.78, 5) is 17.0. The van der Waals surface area contributed by atoms with Gasteiger partial charge in [-0.1, -0.05) is 32.9 Å². The molecule has 188 valence electrons. The molecule has 4 rings (SSSR count). The third kappa shape index (κ3) is 5.38. The Labute approximate surface area is 210 Å². The zero-order valence-corrected chi connectivity index (χ0v) is 21.3. The number of anilines is 1. The van der Waals surface area contributed by atoms with Crippen molar-refractivity contribution in [1.82, 2.24) is 4.98 Å². The molecular formula is C28H30N2O6. The first kappa shape index (κ1) is 24.9. The maximum Gasteiger partial charge on any atom is 0.262 e. The number of rotatable bonds is 8. The molecule has 0 aliphatic carbocycles. The van der Waals surface area contributed by atoms with Gasteiger partial charge in [0, 0.05) is 11.3 Å². The molecule has 1 N–H and O–H groups in total. The first-order chi connectivity index (χ1) is 17.2. The van der Waals surface area contributed by atoms with E-state index in [4.69, 9.17) is 23.4 Å². The summed E-state index contributed by atoms with van der Waals surface area (Å²) in [6.07, 6.45) is 0. The van der Waals surface area contributed by atoms with Crippen molar-refractivity contribution in [2.75, 3.05) is 33.3 Å². The lowest BCUT2D eigenvalue weighted by molar-refractivity contribution is -0.118. The van der Waals surface area contributed by atoms with Crippen LogP contribution in [-0.4, -0.2) is 38.8 Å². The van der Waals surface area contributed by atoms with Gasteiger partial charge in [0.25, 0.3) is 5.91 Å². The largest absolute Gasteiger partial charge is 0.493 e. The third-order valence-electron chi connectivity index (χ3n) is 5.67. The number of amides is 1. The Morgan fingerprint density at radius 1 is 0.917 bits per heavy atom. The maximum absolute atomic E-state index is 12.5. The van der Waals surface area contributed by atoms with E-state index in [0.717, 1.165) is 0 Å². The van der Waals surface area contributed by atoms with Gasteiger partial charge in [0.2, 0.25) is 11.6 Å². The summed E-state index contributed by atoms with van der Waals surface area (Å²) in [6.45, 7) is 6.34. The first-order valence-corrected chi connectivity index (χ1v) is 11.5. The van der Waals surface area contributed by atoms with Crippen molar-refractivity contribution in [3.05, 3.63) is 60.2 Å². The molecule has 0 bridgehead atoms. The van der Waals surface area contributed by atoms with Crippen molar-refractivity contribution in [1.29, 1.82) is 0 Å². The van der Waals surface area contributed by atoms with Gasteiger partial charge in [-0.2, -0.15) is 0 Å². The molecule has 0 saturated carbocycles. The first-order valence-electron chi connectivity index (χ1n) is 11.5. The normalized spacial score (nSPS) is 11.3. The van der Waals surface area contributed by atoms with Crippen LogP contribution in [0.2, 0.25) is 0 Å². The summed E-state index contributed by atoms with van der Waals surface area (Å²) in [5, 5.41) is 2.84. The Morgan fingerprint density at radius 2 is 1.58 bits per heavy atom. The summed E-state index contributed by atoms with van der Waals surface area (Å²) in [5.74, 6) is 2.22. The van der Waals surface area contributed by atoms with E-state index in [2.05, 4.69) is 31.1 Å². The van der Waals surface area contributed by atoms with Crippen LogP contribution in [0.25, 0.3) is 22.6 Å². The van der Waals surface area contributed by atoms with Gasteiger partial charge < -0.3 is 28.7 Å². The molecule has 1 aromatic heterocycles. The number of benzene rings is 3. The molecule has 0 saturated heterocycles. The van der Waals surface area contributed by atoms with Crippen LogP contribution in [0.5, 0.6) is 23.0 Å². The summed E-state index contributed by atoms with van der Waals surface area (Å²) < 4.78 is 27.8. The zero-order chi connectivity index (χ0) is 25.9. The summed E-state index contributed by atoms with van der Waals surface area (Å²) in [5.41, 5.74) is 3.68. The number of ether oxygens (including phenoxy) is 4. The summed E-state index contributed by atoms with van der Waals surface area (Å²) in [7, 11) is 4.64. The van der Waals surface area contributed by atoms with Gasteiger partial charge >= 0.3 is 0 Å². The van der Waals surface area contributed by atoms with E-state index in [1.807, 2.05) is 24.3 Å². The lowest BCUT2D eigenvalue weighted by Crippen LogP contribution is -2.20. The number of carbonyl (C=O) groups excluding carboxylic acids is 1.